The molecule has 27 heavy (non-hydrogen) atoms. The van der Waals surface area contributed by atoms with Crippen molar-refractivity contribution in [2.45, 2.75) is 24.2 Å². The van der Waals surface area contributed by atoms with E-state index < -0.39 is 52.2 Å². The predicted molar refractivity (Wildman–Crippen MR) is 73.4 cm³/mol. The molecular weight excluding hydrogens is 398 g/mol. The first-order chi connectivity index (χ1) is 12.1. The van der Waals surface area contributed by atoms with Crippen LogP contribution in [0.1, 0.15) is 11.1 Å². The number of alkyl halides is 10. The second-order valence-electron chi connectivity index (χ2n) is 5.42. The molecule has 0 saturated carbocycles. The lowest BCUT2D eigenvalue weighted by Gasteiger charge is -2.26. The largest absolute Gasteiger partial charge is 0.508 e. The molecule has 0 radical (unpaired) electrons. The van der Waals surface area contributed by atoms with Crippen molar-refractivity contribution < 1.29 is 49.0 Å². The lowest BCUT2D eigenvalue weighted by molar-refractivity contribution is -0.289. The van der Waals surface area contributed by atoms with Gasteiger partial charge in [0.2, 0.25) is 0 Å². The van der Waals surface area contributed by atoms with Crippen LogP contribution in [0.3, 0.4) is 0 Å². The summed E-state index contributed by atoms with van der Waals surface area (Å²) in [6, 6.07) is 3.44. The SMILES string of the molecule is Oc1ccc(-c2ccccc2C(F)(F)C(F)(F)F)c(C(F)(F)C(F)(F)F)c1. The van der Waals surface area contributed by atoms with Gasteiger partial charge in [-0.15, -0.1) is 0 Å². The van der Waals surface area contributed by atoms with E-state index in [0.29, 0.717) is 18.2 Å². The number of benzene rings is 2. The second kappa shape index (κ2) is 6.31. The molecule has 0 amide bonds. The van der Waals surface area contributed by atoms with Crippen LogP contribution in [-0.4, -0.2) is 17.5 Å². The molecule has 0 heterocycles. The number of aromatic hydroxyl groups is 1. The first-order valence-electron chi connectivity index (χ1n) is 6.93. The molecule has 0 aromatic heterocycles. The highest BCUT2D eigenvalue weighted by molar-refractivity contribution is 5.73. The van der Waals surface area contributed by atoms with Crippen LogP contribution in [0.4, 0.5) is 43.9 Å². The molecule has 0 saturated heterocycles. The molecule has 1 nitrogen and oxygen atoms in total. The molecule has 0 atom stereocenters. The van der Waals surface area contributed by atoms with Crippen molar-refractivity contribution in [3.63, 3.8) is 0 Å². The molecule has 2 rings (SSSR count). The minimum Gasteiger partial charge on any atom is -0.508 e. The summed E-state index contributed by atoms with van der Waals surface area (Å²) in [6.07, 6.45) is -12.3. The van der Waals surface area contributed by atoms with Gasteiger partial charge in [0.15, 0.2) is 0 Å². The zero-order chi connectivity index (χ0) is 20.8. The highest BCUT2D eigenvalue weighted by atomic mass is 19.4. The van der Waals surface area contributed by atoms with Gasteiger partial charge < -0.3 is 5.11 Å². The van der Waals surface area contributed by atoms with Gasteiger partial charge in [-0.2, -0.15) is 43.9 Å². The van der Waals surface area contributed by atoms with Gasteiger partial charge in [-0.25, -0.2) is 0 Å². The summed E-state index contributed by atoms with van der Waals surface area (Å²) in [6.45, 7) is 0. The number of phenolic OH excluding ortho intramolecular Hbond substituents is 1. The summed E-state index contributed by atoms with van der Waals surface area (Å²) in [4.78, 5) is 0. The molecule has 0 spiro atoms. The fourth-order valence-corrected chi connectivity index (χ4v) is 2.32. The van der Waals surface area contributed by atoms with E-state index >= 15 is 0 Å². The summed E-state index contributed by atoms with van der Waals surface area (Å²) in [5.74, 6) is -12.2. The summed E-state index contributed by atoms with van der Waals surface area (Å²) >= 11 is 0. The molecule has 0 unspecified atom stereocenters. The number of halogens is 10. The lowest BCUT2D eigenvalue weighted by Crippen LogP contribution is -2.35. The predicted octanol–water partition coefficient (Wildman–Crippen LogP) is 6.37. The average molecular weight is 406 g/mol. The van der Waals surface area contributed by atoms with Crippen molar-refractivity contribution >= 4 is 0 Å². The van der Waals surface area contributed by atoms with Gasteiger partial charge in [0.05, 0.1) is 0 Å². The van der Waals surface area contributed by atoms with Crippen molar-refractivity contribution in [2.24, 2.45) is 0 Å². The quantitative estimate of drug-likeness (QED) is 0.588. The number of hydrogen-bond acceptors (Lipinski definition) is 1. The van der Waals surface area contributed by atoms with E-state index in [1.165, 1.54) is 0 Å². The van der Waals surface area contributed by atoms with Crippen molar-refractivity contribution in [3.05, 3.63) is 53.6 Å². The topological polar surface area (TPSA) is 20.2 Å². The molecule has 0 aliphatic carbocycles. The van der Waals surface area contributed by atoms with Gasteiger partial charge in [0.25, 0.3) is 0 Å². The average Bonchev–Trinajstić information content (AvgIpc) is 2.52. The van der Waals surface area contributed by atoms with Crippen LogP contribution in [0.15, 0.2) is 42.5 Å². The number of rotatable bonds is 3. The minimum atomic E-state index is -6.18. The Morgan fingerprint density at radius 1 is 0.556 bits per heavy atom. The van der Waals surface area contributed by atoms with Crippen LogP contribution in [0, 0.1) is 0 Å². The van der Waals surface area contributed by atoms with Crippen molar-refractivity contribution in [1.82, 2.24) is 0 Å². The molecule has 11 heteroatoms. The maximum atomic E-state index is 13.8. The fraction of sp³-hybridized carbons (Fsp3) is 0.250. The molecule has 148 valence electrons. The molecule has 0 fully saturated rings. The van der Waals surface area contributed by atoms with Crippen LogP contribution in [0.2, 0.25) is 0 Å². The minimum absolute atomic E-state index is 0.0364. The zero-order valence-electron chi connectivity index (χ0n) is 12.8. The Morgan fingerprint density at radius 2 is 1.00 bits per heavy atom. The van der Waals surface area contributed by atoms with Crippen molar-refractivity contribution in [2.75, 3.05) is 0 Å². The van der Waals surface area contributed by atoms with Crippen LogP contribution < -0.4 is 0 Å². The van der Waals surface area contributed by atoms with E-state index in [1.807, 2.05) is 0 Å². The van der Waals surface area contributed by atoms with Gasteiger partial charge in [0.1, 0.15) is 5.75 Å². The van der Waals surface area contributed by atoms with E-state index in [4.69, 9.17) is 0 Å². The Morgan fingerprint density at radius 3 is 1.52 bits per heavy atom. The van der Waals surface area contributed by atoms with E-state index in [2.05, 4.69) is 0 Å². The highest BCUT2D eigenvalue weighted by Gasteiger charge is 2.61. The molecule has 0 aliphatic heterocycles. The Kier molecular flexibility index (Phi) is 4.87. The van der Waals surface area contributed by atoms with Crippen LogP contribution in [-0.2, 0) is 11.8 Å². The highest BCUT2D eigenvalue weighted by Crippen LogP contribution is 2.51. The van der Waals surface area contributed by atoms with Gasteiger partial charge in [-0.05, 0) is 23.3 Å². The van der Waals surface area contributed by atoms with E-state index in [0.717, 1.165) is 12.1 Å². The second-order valence-corrected chi connectivity index (χ2v) is 5.42. The third-order valence-electron chi connectivity index (χ3n) is 3.61. The first-order valence-corrected chi connectivity index (χ1v) is 6.93. The third-order valence-corrected chi connectivity index (χ3v) is 3.61. The van der Waals surface area contributed by atoms with E-state index in [1.54, 1.807) is 0 Å². The Labute approximate surface area is 144 Å². The Hall–Kier alpha value is -2.46. The fourth-order valence-electron chi connectivity index (χ4n) is 2.32. The molecule has 1 N–H and O–H groups in total. The first kappa shape index (κ1) is 20.8. The summed E-state index contributed by atoms with van der Waals surface area (Å²) in [5.41, 5.74) is -6.17. The van der Waals surface area contributed by atoms with Crippen LogP contribution in [0.5, 0.6) is 5.75 Å². The van der Waals surface area contributed by atoms with E-state index in [-0.39, 0.29) is 12.1 Å². The normalized spacial score (nSPS) is 13.7. The summed E-state index contributed by atoms with van der Waals surface area (Å²) in [5, 5.41) is 9.24. The Bertz CT molecular complexity index is 836. The summed E-state index contributed by atoms with van der Waals surface area (Å²) < 4.78 is 131. The van der Waals surface area contributed by atoms with Gasteiger partial charge in [-0.1, -0.05) is 30.3 Å². The molecule has 0 bridgehead atoms. The number of hydrogen-bond donors (Lipinski definition) is 1. The monoisotopic (exact) mass is 406 g/mol. The van der Waals surface area contributed by atoms with Crippen molar-refractivity contribution in [3.8, 4) is 16.9 Å². The van der Waals surface area contributed by atoms with Crippen LogP contribution in [0.25, 0.3) is 11.1 Å². The Balaban J connectivity index is 2.84. The van der Waals surface area contributed by atoms with Gasteiger partial charge >= 0.3 is 24.2 Å². The van der Waals surface area contributed by atoms with Gasteiger partial charge in [-0.3, -0.25) is 0 Å². The lowest BCUT2D eigenvalue weighted by atomic mass is 9.89. The molecular formula is C16H8F10O. The third kappa shape index (κ3) is 3.54. The van der Waals surface area contributed by atoms with Gasteiger partial charge in [0, 0.05) is 11.1 Å². The van der Waals surface area contributed by atoms with E-state index in [9.17, 15) is 49.0 Å². The maximum absolute atomic E-state index is 13.8. The molecule has 0 aliphatic rings. The summed E-state index contributed by atoms with van der Waals surface area (Å²) in [7, 11) is 0. The smallest absolute Gasteiger partial charge is 0.458 e. The zero-order valence-corrected chi connectivity index (χ0v) is 12.8. The standard InChI is InChI=1S/C16H8F10O/c17-13(18,15(21,22)23)11-4-2-1-3-9(11)10-6-5-8(27)7-12(10)14(19,20)16(24,25)26/h1-7,27H. The number of phenols is 1. The molecule has 2 aromatic rings. The maximum Gasteiger partial charge on any atom is 0.458 e. The molecule has 2 aromatic carbocycles. The van der Waals surface area contributed by atoms with Crippen molar-refractivity contribution in [1.29, 1.82) is 0 Å². The van der Waals surface area contributed by atoms with Crippen LogP contribution >= 0.6 is 0 Å².